The van der Waals surface area contributed by atoms with Crippen molar-refractivity contribution in [1.82, 2.24) is 5.32 Å². The topological polar surface area (TPSA) is 67.4 Å². The van der Waals surface area contributed by atoms with E-state index in [9.17, 15) is 9.59 Å². The summed E-state index contributed by atoms with van der Waals surface area (Å²) in [5.74, 6) is 0.574. The van der Waals surface area contributed by atoms with Crippen LogP contribution in [0.15, 0.2) is 54.6 Å². The normalized spacial score (nSPS) is 10.7. The Morgan fingerprint density at radius 1 is 1.03 bits per heavy atom. The molecule has 0 radical (unpaired) electrons. The molecule has 6 heteroatoms. The number of carbonyl (C=O) groups excluding carboxylic acids is 2. The van der Waals surface area contributed by atoms with E-state index in [4.69, 9.17) is 4.74 Å². The standard InChI is InChI=1S/C24H26N2O3S/c1-15(2)14-25-23(27)18-10-11-19(16(3)12-18)26-24(28)22-20(29-4)13-21(30-22)17-8-6-5-7-9-17/h5-13,15H,14H2,1-4H3,(H,25,27)(H,26,28). The van der Waals surface area contributed by atoms with Gasteiger partial charge in [0.1, 0.15) is 10.6 Å². The smallest absolute Gasteiger partial charge is 0.269 e. The number of methoxy groups -OCH3 is 1. The molecule has 2 N–H and O–H groups in total. The molecule has 0 bridgehead atoms. The number of amides is 2. The first kappa shape index (κ1) is 21.6. The molecule has 3 rings (SSSR count). The van der Waals surface area contributed by atoms with E-state index in [1.165, 1.54) is 11.3 Å². The number of benzene rings is 2. The van der Waals surface area contributed by atoms with Gasteiger partial charge >= 0.3 is 0 Å². The molecule has 0 spiro atoms. The summed E-state index contributed by atoms with van der Waals surface area (Å²) in [5.41, 5.74) is 3.09. The summed E-state index contributed by atoms with van der Waals surface area (Å²) in [5, 5.41) is 5.85. The fourth-order valence-corrected chi connectivity index (χ4v) is 3.98. The number of rotatable bonds is 7. The highest BCUT2D eigenvalue weighted by molar-refractivity contribution is 7.17. The van der Waals surface area contributed by atoms with E-state index in [0.29, 0.717) is 34.3 Å². The van der Waals surface area contributed by atoms with Gasteiger partial charge in [-0.3, -0.25) is 9.59 Å². The molecule has 0 fully saturated rings. The largest absolute Gasteiger partial charge is 0.495 e. The Hall–Kier alpha value is -3.12. The van der Waals surface area contributed by atoms with E-state index in [2.05, 4.69) is 10.6 Å². The van der Waals surface area contributed by atoms with Crippen molar-refractivity contribution in [2.75, 3.05) is 19.0 Å². The summed E-state index contributed by atoms with van der Waals surface area (Å²) in [4.78, 5) is 26.7. The fourth-order valence-electron chi connectivity index (χ4n) is 2.95. The monoisotopic (exact) mass is 422 g/mol. The highest BCUT2D eigenvalue weighted by Crippen LogP contribution is 2.36. The molecule has 0 atom stereocenters. The zero-order chi connectivity index (χ0) is 21.7. The lowest BCUT2D eigenvalue weighted by molar-refractivity contribution is 0.0948. The Kier molecular flexibility index (Phi) is 6.90. The summed E-state index contributed by atoms with van der Waals surface area (Å²) in [6, 6.07) is 17.0. The third-order valence-corrected chi connectivity index (χ3v) is 5.75. The molecular formula is C24H26N2O3S. The predicted octanol–water partition coefficient (Wildman–Crippen LogP) is 5.37. The lowest BCUT2D eigenvalue weighted by Crippen LogP contribution is -2.27. The molecule has 0 unspecified atom stereocenters. The number of thiophene rings is 1. The molecule has 156 valence electrons. The maximum Gasteiger partial charge on any atom is 0.269 e. The van der Waals surface area contributed by atoms with Gasteiger partial charge in [0.05, 0.1) is 7.11 Å². The van der Waals surface area contributed by atoms with Crippen molar-refractivity contribution in [3.63, 3.8) is 0 Å². The first-order valence-corrected chi connectivity index (χ1v) is 10.6. The molecule has 0 saturated carbocycles. The molecule has 30 heavy (non-hydrogen) atoms. The van der Waals surface area contributed by atoms with Crippen molar-refractivity contribution < 1.29 is 14.3 Å². The molecular weight excluding hydrogens is 396 g/mol. The van der Waals surface area contributed by atoms with Gasteiger partial charge in [0, 0.05) is 22.7 Å². The molecule has 0 saturated heterocycles. The number of hydrogen-bond acceptors (Lipinski definition) is 4. The maximum absolute atomic E-state index is 12.9. The Balaban J connectivity index is 1.77. The lowest BCUT2D eigenvalue weighted by Gasteiger charge is -2.11. The van der Waals surface area contributed by atoms with Crippen molar-refractivity contribution in [3.8, 4) is 16.2 Å². The van der Waals surface area contributed by atoms with E-state index >= 15 is 0 Å². The van der Waals surface area contributed by atoms with Gasteiger partial charge in [-0.1, -0.05) is 44.2 Å². The molecule has 0 aliphatic rings. The summed E-state index contributed by atoms with van der Waals surface area (Å²) in [6.45, 7) is 6.59. The van der Waals surface area contributed by atoms with Crippen molar-refractivity contribution >= 4 is 28.8 Å². The summed E-state index contributed by atoms with van der Waals surface area (Å²) >= 11 is 1.39. The molecule has 3 aromatic rings. The Labute approximate surface area is 181 Å². The fraction of sp³-hybridized carbons (Fsp3) is 0.250. The number of anilines is 1. The average Bonchev–Trinajstić information content (AvgIpc) is 3.18. The van der Waals surface area contributed by atoms with Gasteiger partial charge in [0.15, 0.2) is 0 Å². The van der Waals surface area contributed by atoms with Crippen LogP contribution in [0.3, 0.4) is 0 Å². The predicted molar refractivity (Wildman–Crippen MR) is 123 cm³/mol. The van der Waals surface area contributed by atoms with Gasteiger partial charge in [-0.05, 0) is 48.2 Å². The van der Waals surface area contributed by atoms with Crippen LogP contribution in [-0.4, -0.2) is 25.5 Å². The third-order valence-electron chi connectivity index (χ3n) is 4.59. The van der Waals surface area contributed by atoms with Crippen molar-refractivity contribution in [2.45, 2.75) is 20.8 Å². The first-order chi connectivity index (χ1) is 14.4. The minimum absolute atomic E-state index is 0.114. The highest BCUT2D eigenvalue weighted by Gasteiger charge is 2.19. The van der Waals surface area contributed by atoms with E-state index in [1.807, 2.05) is 57.2 Å². The van der Waals surface area contributed by atoms with E-state index in [1.54, 1.807) is 25.3 Å². The number of aryl methyl sites for hydroxylation is 1. The van der Waals surface area contributed by atoms with Crippen LogP contribution in [0.5, 0.6) is 5.75 Å². The van der Waals surface area contributed by atoms with Crippen LogP contribution in [0.1, 0.15) is 39.4 Å². The minimum atomic E-state index is -0.237. The number of hydrogen-bond donors (Lipinski definition) is 2. The second-order valence-electron chi connectivity index (χ2n) is 7.46. The van der Waals surface area contributed by atoms with Crippen LogP contribution in [-0.2, 0) is 0 Å². The Bertz CT molecular complexity index is 1040. The van der Waals surface area contributed by atoms with Crippen LogP contribution in [0.4, 0.5) is 5.69 Å². The van der Waals surface area contributed by atoms with Crippen molar-refractivity contribution in [3.05, 3.63) is 70.6 Å². The quantitative estimate of drug-likeness (QED) is 0.538. The van der Waals surface area contributed by atoms with Gasteiger partial charge in [-0.25, -0.2) is 0 Å². The van der Waals surface area contributed by atoms with E-state index in [-0.39, 0.29) is 11.8 Å². The van der Waals surface area contributed by atoms with Gasteiger partial charge in [-0.15, -0.1) is 11.3 Å². The molecule has 2 amide bonds. The first-order valence-electron chi connectivity index (χ1n) is 9.82. The Morgan fingerprint density at radius 3 is 2.40 bits per heavy atom. The zero-order valence-corrected chi connectivity index (χ0v) is 18.4. The Morgan fingerprint density at radius 2 is 1.77 bits per heavy atom. The maximum atomic E-state index is 12.9. The van der Waals surface area contributed by atoms with Crippen LogP contribution in [0.25, 0.3) is 10.4 Å². The molecule has 0 aliphatic heterocycles. The SMILES string of the molecule is COc1cc(-c2ccccc2)sc1C(=O)Nc1ccc(C(=O)NCC(C)C)cc1C. The second-order valence-corrected chi connectivity index (χ2v) is 8.51. The van der Waals surface area contributed by atoms with E-state index < -0.39 is 0 Å². The molecule has 2 aromatic carbocycles. The molecule has 1 aromatic heterocycles. The second kappa shape index (κ2) is 9.59. The number of nitrogens with one attached hydrogen (secondary N) is 2. The molecule has 1 heterocycles. The van der Waals surface area contributed by atoms with Crippen LogP contribution in [0, 0.1) is 12.8 Å². The van der Waals surface area contributed by atoms with Gasteiger partial charge < -0.3 is 15.4 Å². The van der Waals surface area contributed by atoms with Crippen LogP contribution in [0.2, 0.25) is 0 Å². The molecule has 0 aliphatic carbocycles. The zero-order valence-electron chi connectivity index (χ0n) is 17.6. The summed E-state index contributed by atoms with van der Waals surface area (Å²) in [7, 11) is 1.56. The summed E-state index contributed by atoms with van der Waals surface area (Å²) in [6.07, 6.45) is 0. The van der Waals surface area contributed by atoms with E-state index in [0.717, 1.165) is 16.0 Å². The van der Waals surface area contributed by atoms with Gasteiger partial charge in [0.2, 0.25) is 0 Å². The van der Waals surface area contributed by atoms with Gasteiger partial charge in [-0.2, -0.15) is 0 Å². The van der Waals surface area contributed by atoms with Crippen LogP contribution < -0.4 is 15.4 Å². The number of carbonyl (C=O) groups is 2. The highest BCUT2D eigenvalue weighted by atomic mass is 32.1. The van der Waals surface area contributed by atoms with Gasteiger partial charge in [0.25, 0.3) is 11.8 Å². The van der Waals surface area contributed by atoms with Crippen molar-refractivity contribution in [2.24, 2.45) is 5.92 Å². The van der Waals surface area contributed by atoms with Crippen LogP contribution >= 0.6 is 11.3 Å². The average molecular weight is 423 g/mol. The summed E-state index contributed by atoms with van der Waals surface area (Å²) < 4.78 is 5.43. The van der Waals surface area contributed by atoms with Crippen molar-refractivity contribution in [1.29, 1.82) is 0 Å². The number of ether oxygens (including phenoxy) is 1. The lowest BCUT2D eigenvalue weighted by atomic mass is 10.1. The third kappa shape index (κ3) is 5.07. The minimum Gasteiger partial charge on any atom is -0.495 e. The molecule has 5 nitrogen and oxygen atoms in total.